The van der Waals surface area contributed by atoms with Crippen molar-refractivity contribution in [1.82, 2.24) is 5.32 Å². The van der Waals surface area contributed by atoms with E-state index >= 15 is 0 Å². The van der Waals surface area contributed by atoms with Gasteiger partial charge in [-0.05, 0) is 25.5 Å². The highest BCUT2D eigenvalue weighted by Crippen LogP contribution is 2.17. The maximum atomic E-state index is 12.1. The van der Waals surface area contributed by atoms with Crippen LogP contribution in [0.1, 0.15) is 29.3 Å². The molecule has 1 amide bonds. The molecule has 0 spiro atoms. The summed E-state index contributed by atoms with van der Waals surface area (Å²) in [5, 5.41) is 5.86. The van der Waals surface area contributed by atoms with Gasteiger partial charge in [0.05, 0.1) is 12.2 Å². The summed E-state index contributed by atoms with van der Waals surface area (Å²) in [7, 11) is 0. The number of ether oxygens (including phenoxy) is 1. The highest BCUT2D eigenvalue weighted by molar-refractivity contribution is 5.99. The van der Waals surface area contributed by atoms with E-state index in [4.69, 9.17) is 4.74 Å². The van der Waals surface area contributed by atoms with Gasteiger partial charge in [0.2, 0.25) is 0 Å². The van der Waals surface area contributed by atoms with Crippen LogP contribution in [-0.2, 0) is 4.74 Å². The minimum atomic E-state index is -2.48. The Morgan fingerprint density at radius 3 is 2.76 bits per heavy atom. The monoisotopic (exact) mass is 300 g/mol. The van der Waals surface area contributed by atoms with Gasteiger partial charge in [-0.25, -0.2) is 8.78 Å². The predicted molar refractivity (Wildman–Crippen MR) is 79.1 cm³/mol. The lowest BCUT2D eigenvalue weighted by Crippen LogP contribution is -2.28. The van der Waals surface area contributed by atoms with Crippen molar-refractivity contribution in [3.63, 3.8) is 0 Å². The third kappa shape index (κ3) is 6.53. The van der Waals surface area contributed by atoms with Crippen molar-refractivity contribution in [3.8, 4) is 0 Å². The van der Waals surface area contributed by atoms with Crippen LogP contribution in [0.2, 0.25) is 0 Å². The van der Waals surface area contributed by atoms with Gasteiger partial charge in [0.25, 0.3) is 12.3 Å². The van der Waals surface area contributed by atoms with E-state index < -0.39 is 13.0 Å². The molecular weight excluding hydrogens is 278 g/mol. The van der Waals surface area contributed by atoms with Crippen molar-refractivity contribution in [3.05, 3.63) is 29.3 Å². The van der Waals surface area contributed by atoms with E-state index in [1.54, 1.807) is 6.07 Å². The topological polar surface area (TPSA) is 50.4 Å². The molecule has 0 aliphatic carbocycles. The number of halogens is 2. The summed E-state index contributed by atoms with van der Waals surface area (Å²) < 4.78 is 28.5. The number of aryl methyl sites for hydroxylation is 1. The third-order valence-electron chi connectivity index (χ3n) is 2.76. The third-order valence-corrected chi connectivity index (χ3v) is 2.76. The number of hydrogen-bond donors (Lipinski definition) is 2. The van der Waals surface area contributed by atoms with Gasteiger partial charge in [0, 0.05) is 18.8 Å². The number of anilines is 1. The Labute approximate surface area is 123 Å². The van der Waals surface area contributed by atoms with E-state index in [0.717, 1.165) is 24.2 Å². The maximum absolute atomic E-state index is 12.1. The summed E-state index contributed by atoms with van der Waals surface area (Å²) in [4.78, 5) is 12.1. The molecule has 0 aliphatic heterocycles. The van der Waals surface area contributed by atoms with Crippen molar-refractivity contribution >= 4 is 11.6 Å². The van der Waals surface area contributed by atoms with Crippen LogP contribution in [0.3, 0.4) is 0 Å². The molecule has 0 bridgehead atoms. The standard InChI is InChI=1S/C15H22F2N2O2/c1-3-6-18-13-5-4-11(2)9-12(13)15(20)19-7-8-21-10-14(16)17/h4-5,9,14,18H,3,6-8,10H2,1-2H3,(H,19,20). The van der Waals surface area contributed by atoms with Crippen molar-refractivity contribution < 1.29 is 18.3 Å². The molecule has 1 aromatic carbocycles. The van der Waals surface area contributed by atoms with Crippen LogP contribution >= 0.6 is 0 Å². The van der Waals surface area contributed by atoms with Crippen LogP contribution in [0.4, 0.5) is 14.5 Å². The summed E-state index contributed by atoms with van der Waals surface area (Å²) in [5.74, 6) is -0.238. The Morgan fingerprint density at radius 2 is 2.10 bits per heavy atom. The van der Waals surface area contributed by atoms with Crippen LogP contribution in [0.5, 0.6) is 0 Å². The highest BCUT2D eigenvalue weighted by Gasteiger charge is 2.11. The molecule has 0 saturated heterocycles. The second kappa shape index (κ2) is 9.28. The zero-order chi connectivity index (χ0) is 15.7. The summed E-state index contributed by atoms with van der Waals surface area (Å²) >= 11 is 0. The van der Waals surface area contributed by atoms with Gasteiger partial charge in [-0.15, -0.1) is 0 Å². The van der Waals surface area contributed by atoms with E-state index in [0.29, 0.717) is 5.56 Å². The van der Waals surface area contributed by atoms with E-state index in [1.807, 2.05) is 26.0 Å². The molecule has 2 N–H and O–H groups in total. The Morgan fingerprint density at radius 1 is 1.33 bits per heavy atom. The van der Waals surface area contributed by atoms with Crippen LogP contribution in [-0.4, -0.2) is 38.6 Å². The minimum Gasteiger partial charge on any atom is -0.384 e. The lowest BCUT2D eigenvalue weighted by Gasteiger charge is -2.13. The van der Waals surface area contributed by atoms with E-state index in [1.165, 1.54) is 0 Å². The van der Waals surface area contributed by atoms with Crippen molar-refractivity contribution in [1.29, 1.82) is 0 Å². The van der Waals surface area contributed by atoms with E-state index in [-0.39, 0.29) is 19.1 Å². The Hall–Kier alpha value is -1.69. The molecule has 0 aromatic heterocycles. The fourth-order valence-electron chi connectivity index (χ4n) is 1.76. The molecule has 1 aromatic rings. The lowest BCUT2D eigenvalue weighted by atomic mass is 10.1. The average Bonchev–Trinajstić information content (AvgIpc) is 2.45. The summed E-state index contributed by atoms with van der Waals surface area (Å²) in [6, 6.07) is 5.60. The quantitative estimate of drug-likeness (QED) is 0.690. The van der Waals surface area contributed by atoms with Gasteiger partial charge in [0.15, 0.2) is 0 Å². The van der Waals surface area contributed by atoms with Crippen LogP contribution < -0.4 is 10.6 Å². The first kappa shape index (κ1) is 17.4. The van der Waals surface area contributed by atoms with Gasteiger partial charge in [-0.3, -0.25) is 4.79 Å². The molecule has 0 atom stereocenters. The van der Waals surface area contributed by atoms with E-state index in [9.17, 15) is 13.6 Å². The highest BCUT2D eigenvalue weighted by atomic mass is 19.3. The van der Waals surface area contributed by atoms with Gasteiger partial charge >= 0.3 is 0 Å². The summed E-state index contributed by atoms with van der Waals surface area (Å²) in [5.41, 5.74) is 2.31. The largest absolute Gasteiger partial charge is 0.384 e. The van der Waals surface area contributed by atoms with E-state index in [2.05, 4.69) is 10.6 Å². The SMILES string of the molecule is CCCNc1ccc(C)cc1C(=O)NCCOCC(F)F. The minimum absolute atomic E-state index is 0.0691. The number of hydrogen-bond acceptors (Lipinski definition) is 3. The second-order valence-electron chi connectivity index (χ2n) is 4.70. The first-order valence-corrected chi connectivity index (χ1v) is 7.03. The Bertz CT molecular complexity index is 453. The van der Waals surface area contributed by atoms with Crippen LogP contribution in [0.25, 0.3) is 0 Å². The van der Waals surface area contributed by atoms with Gasteiger partial charge in [-0.1, -0.05) is 18.6 Å². The molecule has 4 nitrogen and oxygen atoms in total. The number of carbonyl (C=O) groups is 1. The number of rotatable bonds is 9. The molecule has 0 unspecified atom stereocenters. The molecule has 118 valence electrons. The summed E-state index contributed by atoms with van der Waals surface area (Å²) in [6.07, 6.45) is -1.53. The van der Waals surface area contributed by atoms with Gasteiger partial charge in [-0.2, -0.15) is 0 Å². The molecule has 21 heavy (non-hydrogen) atoms. The Balaban J connectivity index is 2.53. The molecule has 0 fully saturated rings. The fourth-order valence-corrected chi connectivity index (χ4v) is 1.76. The average molecular weight is 300 g/mol. The fraction of sp³-hybridized carbons (Fsp3) is 0.533. The number of amides is 1. The summed E-state index contributed by atoms with van der Waals surface area (Å²) in [6.45, 7) is 4.39. The zero-order valence-corrected chi connectivity index (χ0v) is 12.4. The molecule has 0 aliphatic rings. The molecule has 0 saturated carbocycles. The van der Waals surface area contributed by atoms with Crippen LogP contribution in [0.15, 0.2) is 18.2 Å². The molecule has 0 radical (unpaired) electrons. The second-order valence-corrected chi connectivity index (χ2v) is 4.70. The van der Waals surface area contributed by atoms with Gasteiger partial charge < -0.3 is 15.4 Å². The Kier molecular flexibility index (Phi) is 7.68. The molecule has 0 heterocycles. The predicted octanol–water partition coefficient (Wildman–Crippen LogP) is 2.83. The number of nitrogens with one attached hydrogen (secondary N) is 2. The lowest BCUT2D eigenvalue weighted by molar-refractivity contribution is 0.0188. The number of alkyl halides is 2. The smallest absolute Gasteiger partial charge is 0.261 e. The molecular formula is C15H22F2N2O2. The van der Waals surface area contributed by atoms with Crippen molar-refractivity contribution in [2.75, 3.05) is 31.6 Å². The normalized spacial score (nSPS) is 10.7. The van der Waals surface area contributed by atoms with Crippen LogP contribution in [0, 0.1) is 6.92 Å². The first-order valence-electron chi connectivity index (χ1n) is 7.03. The van der Waals surface area contributed by atoms with Gasteiger partial charge in [0.1, 0.15) is 6.61 Å². The van der Waals surface area contributed by atoms with Crippen molar-refractivity contribution in [2.24, 2.45) is 0 Å². The molecule has 1 rings (SSSR count). The number of carbonyl (C=O) groups excluding carboxylic acids is 1. The maximum Gasteiger partial charge on any atom is 0.261 e. The molecule has 6 heteroatoms. The zero-order valence-electron chi connectivity index (χ0n) is 12.4. The number of benzene rings is 1. The van der Waals surface area contributed by atoms with Crippen molar-refractivity contribution in [2.45, 2.75) is 26.7 Å². The first-order chi connectivity index (χ1) is 10.0.